The first kappa shape index (κ1) is 23.6. The van der Waals surface area contributed by atoms with E-state index in [0.717, 1.165) is 6.42 Å². The smallest absolute Gasteiger partial charge is 0.261 e. The lowest BCUT2D eigenvalue weighted by molar-refractivity contribution is 0.102. The molecule has 0 aliphatic heterocycles. The van der Waals surface area contributed by atoms with Crippen LogP contribution in [0.1, 0.15) is 23.7 Å². The van der Waals surface area contributed by atoms with Crippen LogP contribution in [0.4, 0.5) is 11.4 Å². The summed E-state index contributed by atoms with van der Waals surface area (Å²) in [6, 6.07) is 17.6. The van der Waals surface area contributed by atoms with Crippen molar-refractivity contribution in [1.29, 1.82) is 0 Å². The van der Waals surface area contributed by atoms with E-state index in [1.807, 2.05) is 6.92 Å². The predicted molar refractivity (Wildman–Crippen MR) is 128 cm³/mol. The van der Waals surface area contributed by atoms with Gasteiger partial charge in [0.25, 0.3) is 15.9 Å². The topological polar surface area (TPSA) is 93.7 Å². The SMILES string of the molecule is CCCOc1ccc(C(=O)Nc2ccc(S(=O)(=O)Nc3ccc(OC)cc3)cc2)cc1Br. The van der Waals surface area contributed by atoms with Crippen LogP contribution in [0.5, 0.6) is 11.5 Å². The van der Waals surface area contributed by atoms with Crippen molar-refractivity contribution in [3.8, 4) is 11.5 Å². The van der Waals surface area contributed by atoms with Crippen molar-refractivity contribution in [2.75, 3.05) is 23.8 Å². The molecule has 3 aromatic carbocycles. The minimum atomic E-state index is -3.77. The number of ether oxygens (including phenoxy) is 2. The highest BCUT2D eigenvalue weighted by atomic mass is 79.9. The van der Waals surface area contributed by atoms with E-state index in [9.17, 15) is 13.2 Å². The molecule has 0 radical (unpaired) electrons. The zero-order chi connectivity index (χ0) is 23.1. The van der Waals surface area contributed by atoms with Crippen LogP contribution in [0.3, 0.4) is 0 Å². The molecule has 3 rings (SSSR count). The summed E-state index contributed by atoms with van der Waals surface area (Å²) in [5.74, 6) is 0.977. The highest BCUT2D eigenvalue weighted by Crippen LogP contribution is 2.27. The van der Waals surface area contributed by atoms with Crippen LogP contribution in [0.2, 0.25) is 0 Å². The lowest BCUT2D eigenvalue weighted by Crippen LogP contribution is -2.14. The molecule has 0 aromatic heterocycles. The third-order valence-corrected chi connectivity index (χ3v) is 6.44. The monoisotopic (exact) mass is 518 g/mol. The van der Waals surface area contributed by atoms with Crippen molar-refractivity contribution < 1.29 is 22.7 Å². The summed E-state index contributed by atoms with van der Waals surface area (Å²) in [6.45, 7) is 2.61. The van der Waals surface area contributed by atoms with Gasteiger partial charge in [-0.3, -0.25) is 9.52 Å². The van der Waals surface area contributed by atoms with E-state index in [0.29, 0.717) is 39.5 Å². The first-order valence-corrected chi connectivity index (χ1v) is 12.1. The van der Waals surface area contributed by atoms with Gasteiger partial charge in [-0.1, -0.05) is 6.92 Å². The van der Waals surface area contributed by atoms with Gasteiger partial charge in [0.15, 0.2) is 0 Å². The van der Waals surface area contributed by atoms with Crippen molar-refractivity contribution >= 4 is 43.2 Å². The van der Waals surface area contributed by atoms with Crippen LogP contribution in [-0.4, -0.2) is 28.0 Å². The highest BCUT2D eigenvalue weighted by molar-refractivity contribution is 9.10. The predicted octanol–water partition coefficient (Wildman–Crippen LogP) is 5.30. The number of hydrogen-bond acceptors (Lipinski definition) is 5. The van der Waals surface area contributed by atoms with E-state index in [2.05, 4.69) is 26.0 Å². The van der Waals surface area contributed by atoms with Crippen LogP contribution in [0, 0.1) is 0 Å². The van der Waals surface area contributed by atoms with Crippen LogP contribution < -0.4 is 19.5 Å². The molecule has 0 heterocycles. The van der Waals surface area contributed by atoms with E-state index in [1.165, 1.54) is 31.4 Å². The van der Waals surface area contributed by atoms with Gasteiger partial charge in [-0.2, -0.15) is 0 Å². The lowest BCUT2D eigenvalue weighted by Gasteiger charge is -2.11. The number of halogens is 1. The molecule has 0 aliphatic rings. The number of methoxy groups -OCH3 is 1. The molecule has 1 amide bonds. The summed E-state index contributed by atoms with van der Waals surface area (Å²) >= 11 is 3.41. The normalized spacial score (nSPS) is 11.0. The Morgan fingerprint density at radius 2 is 1.62 bits per heavy atom. The molecule has 0 fully saturated rings. The number of hydrogen-bond donors (Lipinski definition) is 2. The van der Waals surface area contributed by atoms with E-state index in [1.54, 1.807) is 42.5 Å². The number of carbonyl (C=O) groups is 1. The Kier molecular flexibility index (Phi) is 7.76. The van der Waals surface area contributed by atoms with Crippen LogP contribution in [-0.2, 0) is 10.0 Å². The largest absolute Gasteiger partial charge is 0.497 e. The zero-order valence-electron chi connectivity index (χ0n) is 17.6. The maximum Gasteiger partial charge on any atom is 0.261 e. The average molecular weight is 519 g/mol. The standard InChI is InChI=1S/C23H23BrN2O5S/c1-3-14-31-22-13-4-16(15-21(22)24)23(27)25-17-7-11-20(12-8-17)32(28,29)26-18-5-9-19(30-2)10-6-18/h4-13,15,26H,3,14H2,1-2H3,(H,25,27). The number of nitrogens with one attached hydrogen (secondary N) is 2. The van der Waals surface area contributed by atoms with E-state index < -0.39 is 10.0 Å². The van der Waals surface area contributed by atoms with Crippen LogP contribution >= 0.6 is 15.9 Å². The van der Waals surface area contributed by atoms with E-state index >= 15 is 0 Å². The number of anilines is 2. The summed E-state index contributed by atoms with van der Waals surface area (Å²) in [4.78, 5) is 12.6. The Labute approximate surface area is 195 Å². The van der Waals surface area contributed by atoms with Crippen molar-refractivity contribution in [2.45, 2.75) is 18.2 Å². The fraction of sp³-hybridized carbons (Fsp3) is 0.174. The Bertz CT molecular complexity index is 1180. The van der Waals surface area contributed by atoms with Gasteiger partial charge in [-0.05, 0) is 89.1 Å². The van der Waals surface area contributed by atoms with Gasteiger partial charge in [-0.15, -0.1) is 0 Å². The molecule has 3 aromatic rings. The summed E-state index contributed by atoms with van der Waals surface area (Å²) in [6.07, 6.45) is 0.885. The van der Waals surface area contributed by atoms with Gasteiger partial charge >= 0.3 is 0 Å². The molecule has 168 valence electrons. The van der Waals surface area contributed by atoms with Crippen molar-refractivity contribution in [3.63, 3.8) is 0 Å². The fourth-order valence-corrected chi connectivity index (χ4v) is 4.32. The Morgan fingerprint density at radius 1 is 0.969 bits per heavy atom. The number of carbonyl (C=O) groups excluding carboxylic acids is 1. The first-order chi connectivity index (χ1) is 15.3. The molecule has 0 saturated heterocycles. The number of benzene rings is 3. The molecule has 0 atom stereocenters. The van der Waals surface area contributed by atoms with Gasteiger partial charge in [0, 0.05) is 16.9 Å². The van der Waals surface area contributed by atoms with Crippen molar-refractivity contribution in [2.24, 2.45) is 0 Å². The summed E-state index contributed by atoms with van der Waals surface area (Å²) in [5.41, 5.74) is 1.33. The second-order valence-corrected chi connectivity index (χ2v) is 9.34. The van der Waals surface area contributed by atoms with Crippen molar-refractivity contribution in [3.05, 3.63) is 76.8 Å². The van der Waals surface area contributed by atoms with Gasteiger partial charge in [-0.25, -0.2) is 8.42 Å². The third-order valence-electron chi connectivity index (χ3n) is 4.42. The van der Waals surface area contributed by atoms with E-state index in [4.69, 9.17) is 9.47 Å². The Hall–Kier alpha value is -3.04. The van der Waals surface area contributed by atoms with Gasteiger partial charge in [0.2, 0.25) is 0 Å². The summed E-state index contributed by atoms with van der Waals surface area (Å²) in [5, 5.41) is 2.76. The molecule has 0 unspecified atom stereocenters. The molecule has 2 N–H and O–H groups in total. The van der Waals surface area contributed by atoms with E-state index in [-0.39, 0.29) is 10.8 Å². The minimum Gasteiger partial charge on any atom is -0.497 e. The first-order valence-electron chi connectivity index (χ1n) is 9.83. The molecule has 0 saturated carbocycles. The number of sulfonamides is 1. The van der Waals surface area contributed by atoms with Gasteiger partial charge < -0.3 is 14.8 Å². The van der Waals surface area contributed by atoms with Crippen LogP contribution in [0.15, 0.2) is 76.1 Å². The fourth-order valence-electron chi connectivity index (χ4n) is 2.76. The highest BCUT2D eigenvalue weighted by Gasteiger charge is 2.15. The molecular weight excluding hydrogens is 496 g/mol. The quantitative estimate of drug-likeness (QED) is 0.400. The molecule has 0 bridgehead atoms. The zero-order valence-corrected chi connectivity index (χ0v) is 20.0. The van der Waals surface area contributed by atoms with Crippen LogP contribution in [0.25, 0.3) is 0 Å². The molecular formula is C23H23BrN2O5S. The molecule has 7 nitrogen and oxygen atoms in total. The summed E-state index contributed by atoms with van der Waals surface area (Å²) in [7, 11) is -2.23. The molecule has 32 heavy (non-hydrogen) atoms. The Morgan fingerprint density at radius 3 is 2.22 bits per heavy atom. The Balaban J connectivity index is 1.67. The number of rotatable bonds is 9. The third kappa shape index (κ3) is 6.02. The molecule has 0 spiro atoms. The molecule has 0 aliphatic carbocycles. The minimum absolute atomic E-state index is 0.0755. The molecule has 9 heteroatoms. The maximum atomic E-state index is 12.6. The lowest BCUT2D eigenvalue weighted by atomic mass is 10.2. The van der Waals surface area contributed by atoms with Gasteiger partial charge in [0.05, 0.1) is 23.1 Å². The number of amides is 1. The van der Waals surface area contributed by atoms with Gasteiger partial charge in [0.1, 0.15) is 11.5 Å². The van der Waals surface area contributed by atoms with Crippen molar-refractivity contribution in [1.82, 2.24) is 0 Å². The second-order valence-electron chi connectivity index (χ2n) is 6.81. The second kappa shape index (κ2) is 10.5. The summed E-state index contributed by atoms with van der Waals surface area (Å²) < 4.78 is 39.1. The maximum absolute atomic E-state index is 12.6. The average Bonchev–Trinajstić information content (AvgIpc) is 2.79.